The zero-order valence-corrected chi connectivity index (χ0v) is 17.0. The van der Waals surface area contributed by atoms with Crippen LogP contribution in [0.4, 0.5) is 0 Å². The minimum absolute atomic E-state index is 0. The number of hydrogen-bond donors (Lipinski definition) is 0. The van der Waals surface area contributed by atoms with E-state index in [1.165, 1.54) is 12.9 Å². The predicted molar refractivity (Wildman–Crippen MR) is 95.9 cm³/mol. The summed E-state index contributed by atoms with van der Waals surface area (Å²) in [6.45, 7) is 17.8. The number of rotatable bonds is 13. The molecule has 1 rings (SSSR count). The van der Waals surface area contributed by atoms with Crippen molar-refractivity contribution in [2.45, 2.75) is 38.9 Å². The quantitative estimate of drug-likeness (QED) is 0.202. The number of unbranched alkanes of at least 4 members (excludes halogenated alkanes) is 1. The molecule has 0 saturated carbocycles. The largest absolute Gasteiger partial charge is 2.00 e. The smallest absolute Gasteiger partial charge is 2.00 e. The third-order valence-corrected chi connectivity index (χ3v) is 2.97. The second kappa shape index (κ2) is 30.8. The van der Waals surface area contributed by atoms with Crippen molar-refractivity contribution >= 4 is 12.3 Å². The van der Waals surface area contributed by atoms with E-state index in [9.17, 15) is 9.59 Å². The van der Waals surface area contributed by atoms with Crippen molar-refractivity contribution < 1.29 is 50.1 Å². The van der Waals surface area contributed by atoms with Gasteiger partial charge in [-0.15, -0.1) is 0 Å². The number of carbonyl (C=O) groups excluding carboxylic acids is 2. The normalized spacial score (nSPS) is 9.21. The van der Waals surface area contributed by atoms with Crippen LogP contribution in [0.1, 0.15) is 31.7 Å². The Morgan fingerprint density at radius 2 is 1.69 bits per heavy atom. The molecule has 3 radical (unpaired) electrons. The molecule has 7 nitrogen and oxygen atoms in total. The van der Waals surface area contributed by atoms with Crippen LogP contribution in [-0.4, -0.2) is 25.0 Å². The Morgan fingerprint density at radius 1 is 1.10 bits per heavy atom. The first-order valence-electron chi connectivity index (χ1n) is 8.02. The molecule has 0 N–H and O–H groups in total. The molecule has 0 heterocycles. The van der Waals surface area contributed by atoms with Crippen LogP contribution in [0.3, 0.4) is 0 Å². The Bertz CT molecular complexity index is 527. The molecule has 0 saturated heterocycles. The molecule has 0 fully saturated rings. The average molecular weight is 442 g/mol. The number of benzene rings is 1. The van der Waals surface area contributed by atoms with Gasteiger partial charge in [0.2, 0.25) is 0 Å². The maximum atomic E-state index is 11.6. The third kappa shape index (κ3) is 26.1. The van der Waals surface area contributed by atoms with Gasteiger partial charge in [-0.2, -0.15) is 0 Å². The third-order valence-electron chi connectivity index (χ3n) is 2.97. The van der Waals surface area contributed by atoms with E-state index < -0.39 is 0 Å². The number of ketones is 1. The Balaban J connectivity index is -0.000000407. The maximum absolute atomic E-state index is 11.6. The molecule has 0 aliphatic heterocycles. The molecule has 0 aliphatic carbocycles. The maximum Gasteiger partial charge on any atom is 2.00 e. The SMILES string of the molecule is C[C@@H]([CH][CH][CH]C(=O)CCCCOCc1ccccc1)O[C-]=O.[C-]#[O+].[C-]#[O+].[C-]#[O+].[Fe+2]. The molecule has 1 aromatic rings. The monoisotopic (exact) mass is 442 g/mol. The fourth-order valence-corrected chi connectivity index (χ4v) is 1.79. The van der Waals surface area contributed by atoms with Crippen LogP contribution in [-0.2, 0) is 56.7 Å². The van der Waals surface area contributed by atoms with Gasteiger partial charge in [-0.05, 0) is 31.7 Å². The number of carbonyl (C=O) groups is 1. The Kier molecular flexibility index (Phi) is 36.7. The van der Waals surface area contributed by atoms with Crippen LogP contribution >= 0.6 is 0 Å². The molecule has 0 aromatic heterocycles. The van der Waals surface area contributed by atoms with Crippen molar-refractivity contribution in [3.05, 3.63) is 75.1 Å². The molecule has 0 amide bonds. The summed E-state index contributed by atoms with van der Waals surface area (Å²) < 4.78 is 32.6. The van der Waals surface area contributed by atoms with E-state index in [2.05, 4.69) is 24.7 Å². The summed E-state index contributed by atoms with van der Waals surface area (Å²) in [4.78, 5) is 21.5. The van der Waals surface area contributed by atoms with Gasteiger partial charge in [0.05, 0.1) is 12.7 Å². The van der Waals surface area contributed by atoms with Gasteiger partial charge in [-0.1, -0.05) is 36.8 Å². The Labute approximate surface area is 183 Å². The van der Waals surface area contributed by atoms with Crippen LogP contribution in [0.25, 0.3) is 0 Å². The molecule has 0 aliphatic rings. The summed E-state index contributed by atoms with van der Waals surface area (Å²) in [7, 11) is 0. The van der Waals surface area contributed by atoms with Gasteiger partial charge in [0.25, 0.3) is 0 Å². The number of ether oxygens (including phenoxy) is 2. The first-order valence-corrected chi connectivity index (χ1v) is 8.02. The molecular weight excluding hydrogens is 420 g/mol. The topological polar surface area (TPSA) is 112 Å². The first kappa shape index (κ1) is 34.6. The van der Waals surface area contributed by atoms with Crippen LogP contribution in [0.15, 0.2) is 30.3 Å². The second-order valence-corrected chi connectivity index (χ2v) is 4.92. The fraction of sp³-hybridized carbons (Fsp3) is 0.333. The van der Waals surface area contributed by atoms with Gasteiger partial charge in [0, 0.05) is 25.9 Å². The van der Waals surface area contributed by atoms with E-state index in [0.29, 0.717) is 19.6 Å². The summed E-state index contributed by atoms with van der Waals surface area (Å²) in [5, 5.41) is 0. The summed E-state index contributed by atoms with van der Waals surface area (Å²) in [5.74, 6) is 0.0570. The summed E-state index contributed by atoms with van der Waals surface area (Å²) in [6.07, 6.45) is 6.51. The van der Waals surface area contributed by atoms with Crippen molar-refractivity contribution in [1.29, 1.82) is 0 Å². The van der Waals surface area contributed by atoms with E-state index in [1.54, 1.807) is 19.8 Å². The van der Waals surface area contributed by atoms with E-state index in [-0.39, 0.29) is 29.0 Å². The van der Waals surface area contributed by atoms with Gasteiger partial charge >= 0.3 is 51.0 Å². The van der Waals surface area contributed by atoms with Gasteiger partial charge in [-0.25, -0.2) is 0 Å². The van der Waals surface area contributed by atoms with Gasteiger partial charge in [0.15, 0.2) is 0 Å². The molecule has 0 spiro atoms. The number of Topliss-reactive ketones (excluding diaryl/α,β-unsaturated/α-hetero) is 1. The van der Waals surface area contributed by atoms with E-state index >= 15 is 0 Å². The zero-order valence-electron chi connectivity index (χ0n) is 15.9. The average Bonchev–Trinajstić information content (AvgIpc) is 2.76. The van der Waals surface area contributed by atoms with Crippen molar-refractivity contribution in [3.8, 4) is 0 Å². The van der Waals surface area contributed by atoms with Gasteiger partial charge < -0.3 is 14.3 Å². The van der Waals surface area contributed by atoms with Crippen molar-refractivity contribution in [2.24, 2.45) is 0 Å². The Morgan fingerprint density at radius 3 is 2.24 bits per heavy atom. The summed E-state index contributed by atoms with van der Waals surface area (Å²) >= 11 is 0. The van der Waals surface area contributed by atoms with Crippen molar-refractivity contribution in [1.82, 2.24) is 0 Å². The molecule has 1 aromatic carbocycles. The van der Waals surface area contributed by atoms with E-state index in [4.69, 9.17) is 18.7 Å². The molecular formula is C21H22FeO7+. The molecule has 1 atom stereocenters. The fourth-order valence-electron chi connectivity index (χ4n) is 1.79. The standard InChI is InChI=1S/C18H22O4.3CO.Fe/c1-16(22-15-19)8-7-12-18(20)11-5-6-13-21-14-17-9-3-2-4-10-17;3*1-2;/h2-4,7-10,12,16H,5-6,11,13-14H2,1H3;;;;/q-1;;;;+2/t16-;;;;/m0..../s1. The van der Waals surface area contributed by atoms with Crippen LogP contribution in [0, 0.1) is 39.2 Å². The first-order chi connectivity index (χ1) is 13.7. The molecule has 29 heavy (non-hydrogen) atoms. The summed E-state index contributed by atoms with van der Waals surface area (Å²) in [5.41, 5.74) is 1.15. The molecule has 155 valence electrons. The van der Waals surface area contributed by atoms with Crippen LogP contribution in [0.5, 0.6) is 0 Å². The minimum Gasteiger partial charge on any atom is 2.00 e. The van der Waals surface area contributed by atoms with Crippen LogP contribution < -0.4 is 0 Å². The zero-order chi connectivity index (χ0) is 22.0. The van der Waals surface area contributed by atoms with E-state index in [0.717, 1.165) is 18.4 Å². The van der Waals surface area contributed by atoms with Gasteiger partial charge in [0.1, 0.15) is 5.78 Å². The molecule has 8 heteroatoms. The molecule has 0 unspecified atom stereocenters. The minimum atomic E-state index is -0.368. The molecule has 0 bridgehead atoms. The van der Waals surface area contributed by atoms with Crippen molar-refractivity contribution in [3.63, 3.8) is 0 Å². The van der Waals surface area contributed by atoms with Crippen molar-refractivity contribution in [2.75, 3.05) is 6.61 Å². The van der Waals surface area contributed by atoms with Gasteiger partial charge in [-0.3, -0.25) is 4.79 Å². The predicted octanol–water partition coefficient (Wildman–Crippen LogP) is 2.91. The summed E-state index contributed by atoms with van der Waals surface area (Å²) in [6, 6.07) is 10.00. The second-order valence-electron chi connectivity index (χ2n) is 4.92. The van der Waals surface area contributed by atoms with Crippen LogP contribution in [0.2, 0.25) is 0 Å². The Hall–Kier alpha value is -1.94. The van der Waals surface area contributed by atoms with E-state index in [1.807, 2.05) is 30.3 Å². The number of hydrogen-bond acceptors (Lipinski definition) is 4.